The van der Waals surface area contributed by atoms with Crippen LogP contribution in [0, 0.1) is 12.7 Å². The Morgan fingerprint density at radius 2 is 2.11 bits per heavy atom. The molecule has 0 aliphatic carbocycles. The zero-order chi connectivity index (χ0) is 13.1. The van der Waals surface area contributed by atoms with Crippen molar-refractivity contribution in [1.82, 2.24) is 5.32 Å². The van der Waals surface area contributed by atoms with Crippen molar-refractivity contribution >= 4 is 11.3 Å². The van der Waals surface area contributed by atoms with Crippen LogP contribution in [0.2, 0.25) is 0 Å². The Morgan fingerprint density at radius 3 is 2.72 bits per heavy atom. The van der Waals surface area contributed by atoms with Gasteiger partial charge >= 0.3 is 0 Å². The van der Waals surface area contributed by atoms with Crippen LogP contribution in [0.4, 0.5) is 4.39 Å². The molecule has 0 radical (unpaired) electrons. The third-order valence-electron chi connectivity index (χ3n) is 3.03. The predicted octanol–water partition coefficient (Wildman–Crippen LogP) is 4.53. The number of halogens is 1. The molecule has 0 spiro atoms. The Balaban J connectivity index is 2.47. The maximum Gasteiger partial charge on any atom is 0.123 e. The molecule has 1 aromatic carbocycles. The van der Waals surface area contributed by atoms with Crippen LogP contribution >= 0.6 is 11.3 Å². The monoisotopic (exact) mass is 263 g/mol. The number of benzene rings is 1. The quantitative estimate of drug-likeness (QED) is 0.854. The Kier molecular flexibility index (Phi) is 4.15. The van der Waals surface area contributed by atoms with Gasteiger partial charge in [0.05, 0.1) is 0 Å². The summed E-state index contributed by atoms with van der Waals surface area (Å²) < 4.78 is 13.5. The summed E-state index contributed by atoms with van der Waals surface area (Å²) in [6, 6.07) is 7.38. The van der Waals surface area contributed by atoms with Gasteiger partial charge in [0, 0.05) is 10.9 Å². The van der Waals surface area contributed by atoms with Gasteiger partial charge in [0.1, 0.15) is 5.82 Å². The van der Waals surface area contributed by atoms with Gasteiger partial charge in [-0.3, -0.25) is 0 Å². The van der Waals surface area contributed by atoms with Crippen LogP contribution in [-0.4, -0.2) is 6.54 Å². The molecule has 0 aliphatic heterocycles. The second-order valence-corrected chi connectivity index (χ2v) is 5.57. The highest BCUT2D eigenvalue weighted by molar-refractivity contribution is 7.10. The first-order valence-corrected chi connectivity index (χ1v) is 7.08. The second-order valence-electron chi connectivity index (χ2n) is 4.46. The summed E-state index contributed by atoms with van der Waals surface area (Å²) in [6.45, 7) is 7.16. The summed E-state index contributed by atoms with van der Waals surface area (Å²) in [5.41, 5.74) is 3.25. The van der Waals surface area contributed by atoms with E-state index in [1.165, 1.54) is 10.9 Å². The van der Waals surface area contributed by atoms with Gasteiger partial charge in [0.2, 0.25) is 0 Å². The number of nitrogens with one attached hydrogen (secondary N) is 1. The van der Waals surface area contributed by atoms with Crippen molar-refractivity contribution in [2.24, 2.45) is 0 Å². The fourth-order valence-electron chi connectivity index (χ4n) is 2.16. The number of thiophene rings is 1. The van der Waals surface area contributed by atoms with Crippen molar-refractivity contribution in [3.05, 3.63) is 45.9 Å². The van der Waals surface area contributed by atoms with E-state index in [1.807, 2.05) is 6.07 Å². The summed E-state index contributed by atoms with van der Waals surface area (Å²) >= 11 is 1.70. The minimum atomic E-state index is -0.179. The molecular formula is C15H18FNS. The third-order valence-corrected chi connectivity index (χ3v) is 3.90. The first kappa shape index (κ1) is 13.2. The average Bonchev–Trinajstić information content (AvgIpc) is 2.76. The Morgan fingerprint density at radius 1 is 1.33 bits per heavy atom. The molecule has 0 bridgehead atoms. The summed E-state index contributed by atoms with van der Waals surface area (Å²) in [5.74, 6) is -0.179. The topological polar surface area (TPSA) is 12.0 Å². The number of hydrogen-bond acceptors (Lipinski definition) is 2. The van der Waals surface area contributed by atoms with E-state index in [2.05, 4.69) is 37.5 Å². The van der Waals surface area contributed by atoms with Crippen LogP contribution in [0.3, 0.4) is 0 Å². The lowest BCUT2D eigenvalue weighted by Gasteiger charge is -2.17. The molecule has 0 fully saturated rings. The molecule has 1 unspecified atom stereocenters. The van der Waals surface area contributed by atoms with E-state index in [1.54, 1.807) is 17.4 Å². The van der Waals surface area contributed by atoms with E-state index in [9.17, 15) is 4.39 Å². The van der Waals surface area contributed by atoms with Crippen molar-refractivity contribution in [1.29, 1.82) is 0 Å². The van der Waals surface area contributed by atoms with Gasteiger partial charge in [-0.25, -0.2) is 4.39 Å². The van der Waals surface area contributed by atoms with E-state index >= 15 is 0 Å². The highest BCUT2D eigenvalue weighted by Crippen LogP contribution is 2.32. The molecular weight excluding hydrogens is 245 g/mol. The summed E-state index contributed by atoms with van der Waals surface area (Å²) in [7, 11) is 0. The van der Waals surface area contributed by atoms with E-state index < -0.39 is 0 Å². The molecule has 1 atom stereocenters. The molecule has 0 saturated heterocycles. The second kappa shape index (κ2) is 5.63. The zero-order valence-corrected chi connectivity index (χ0v) is 11.8. The van der Waals surface area contributed by atoms with Gasteiger partial charge in [-0.1, -0.05) is 13.0 Å². The van der Waals surface area contributed by atoms with Gasteiger partial charge in [-0.05, 0) is 60.7 Å². The molecule has 1 aromatic heterocycles. The van der Waals surface area contributed by atoms with Crippen molar-refractivity contribution in [3.8, 4) is 11.1 Å². The summed E-state index contributed by atoms with van der Waals surface area (Å²) in [5, 5.41) is 5.47. The van der Waals surface area contributed by atoms with Gasteiger partial charge in [0.25, 0.3) is 0 Å². The largest absolute Gasteiger partial charge is 0.310 e. The number of rotatable bonds is 4. The van der Waals surface area contributed by atoms with Crippen molar-refractivity contribution in [3.63, 3.8) is 0 Å². The Hall–Kier alpha value is -1.19. The molecule has 0 amide bonds. The number of hydrogen-bond donors (Lipinski definition) is 1. The molecule has 2 aromatic rings. The van der Waals surface area contributed by atoms with E-state index in [4.69, 9.17) is 0 Å². The predicted molar refractivity (Wildman–Crippen MR) is 76.5 cm³/mol. The van der Waals surface area contributed by atoms with Crippen molar-refractivity contribution in [2.45, 2.75) is 26.8 Å². The van der Waals surface area contributed by atoms with Gasteiger partial charge in [0.15, 0.2) is 0 Å². The van der Waals surface area contributed by atoms with Gasteiger partial charge < -0.3 is 5.32 Å². The molecule has 3 heteroatoms. The molecule has 0 aliphatic rings. The SMILES string of the molecule is CCNC(C)c1ccc(F)cc1-c1csc(C)c1. The van der Waals surface area contributed by atoms with Crippen LogP contribution in [0.5, 0.6) is 0 Å². The third kappa shape index (κ3) is 2.79. The van der Waals surface area contributed by atoms with Crippen LogP contribution in [-0.2, 0) is 0 Å². The van der Waals surface area contributed by atoms with E-state index in [0.29, 0.717) is 0 Å². The molecule has 1 heterocycles. The van der Waals surface area contributed by atoms with Crippen molar-refractivity contribution in [2.75, 3.05) is 6.54 Å². The molecule has 96 valence electrons. The normalized spacial score (nSPS) is 12.7. The molecule has 1 nitrogen and oxygen atoms in total. The molecule has 0 saturated carbocycles. The highest BCUT2D eigenvalue weighted by Gasteiger charge is 2.13. The van der Waals surface area contributed by atoms with Crippen molar-refractivity contribution < 1.29 is 4.39 Å². The lowest BCUT2D eigenvalue weighted by atomic mass is 9.97. The maximum atomic E-state index is 13.5. The highest BCUT2D eigenvalue weighted by atomic mass is 32.1. The first-order chi connectivity index (χ1) is 8.61. The summed E-state index contributed by atoms with van der Waals surface area (Å²) in [4.78, 5) is 1.25. The van der Waals surface area contributed by atoms with Crippen LogP contribution in [0.1, 0.15) is 30.3 Å². The average molecular weight is 263 g/mol. The minimum absolute atomic E-state index is 0.179. The fourth-order valence-corrected chi connectivity index (χ4v) is 2.86. The van der Waals surface area contributed by atoms with E-state index in [-0.39, 0.29) is 11.9 Å². The summed E-state index contributed by atoms with van der Waals surface area (Å²) in [6.07, 6.45) is 0. The maximum absolute atomic E-state index is 13.5. The first-order valence-electron chi connectivity index (χ1n) is 6.20. The van der Waals surface area contributed by atoms with E-state index in [0.717, 1.165) is 23.2 Å². The molecule has 18 heavy (non-hydrogen) atoms. The smallest absolute Gasteiger partial charge is 0.123 e. The number of aryl methyl sites for hydroxylation is 1. The minimum Gasteiger partial charge on any atom is -0.310 e. The van der Waals surface area contributed by atoms with Gasteiger partial charge in [-0.15, -0.1) is 11.3 Å². The van der Waals surface area contributed by atoms with Crippen LogP contribution < -0.4 is 5.32 Å². The molecule has 2 rings (SSSR count). The standard InChI is InChI=1S/C15H18FNS/c1-4-17-11(3)14-6-5-13(16)8-15(14)12-7-10(2)18-9-12/h5-9,11,17H,4H2,1-3H3. The molecule has 1 N–H and O–H groups in total. The lowest BCUT2D eigenvalue weighted by molar-refractivity contribution is 0.593. The fraction of sp³-hybridized carbons (Fsp3) is 0.333. The van der Waals surface area contributed by atoms with Crippen LogP contribution in [0.25, 0.3) is 11.1 Å². The lowest BCUT2D eigenvalue weighted by Crippen LogP contribution is -2.18. The van der Waals surface area contributed by atoms with Crippen LogP contribution in [0.15, 0.2) is 29.6 Å². The zero-order valence-electron chi connectivity index (χ0n) is 11.0. The Bertz CT molecular complexity index is 533. The Labute approximate surface area is 112 Å². The van der Waals surface area contributed by atoms with Gasteiger partial charge in [-0.2, -0.15) is 0 Å².